The van der Waals surface area contributed by atoms with E-state index in [-0.39, 0.29) is 6.61 Å². The topological polar surface area (TPSA) is 20.2 Å². The van der Waals surface area contributed by atoms with Gasteiger partial charge in [-0.2, -0.15) is 0 Å². The molecule has 4 heavy (non-hydrogen) atoms. The van der Waals surface area contributed by atoms with E-state index < -0.39 is 0 Å². The summed E-state index contributed by atoms with van der Waals surface area (Å²) in [4.78, 5) is 1.56. The third-order valence-electron chi connectivity index (χ3n) is 0.0745. The molecule has 0 heterocycles. The first kappa shape index (κ1) is 4.35. The molecule has 0 aromatic rings. The molecule has 24 valence electrons. The Morgan fingerprint density at radius 2 is 2.25 bits per heavy atom. The van der Waals surface area contributed by atoms with Crippen molar-refractivity contribution in [1.29, 1.82) is 0 Å². The van der Waals surface area contributed by atoms with Crippen LogP contribution in [0.1, 0.15) is 0 Å². The molecule has 1 N–H and O–H groups in total. The van der Waals surface area contributed by atoms with Crippen LogP contribution in [0.15, 0.2) is 0 Å². The van der Waals surface area contributed by atoms with E-state index >= 15 is 0 Å². The van der Waals surface area contributed by atoms with Gasteiger partial charge in [0.15, 0.2) is 0 Å². The third kappa shape index (κ3) is 2.35. The van der Waals surface area contributed by atoms with Crippen molar-refractivity contribution in [1.82, 2.24) is 0 Å². The summed E-state index contributed by atoms with van der Waals surface area (Å²) >= 11 is 2.52. The van der Waals surface area contributed by atoms with Crippen LogP contribution in [0.2, 0.25) is 0 Å². The van der Waals surface area contributed by atoms with Crippen LogP contribution in [0.3, 0.4) is 0 Å². The van der Waals surface area contributed by atoms with Gasteiger partial charge in [0, 0.05) is 0 Å². The second kappa shape index (κ2) is 3.35. The molecule has 0 bridgehead atoms. The van der Waals surface area contributed by atoms with Crippen LogP contribution in [0, 0.1) is 0 Å². The average molecular weight is 123 g/mol. The SMILES string of the molecule is OCC=[Se]. The van der Waals surface area contributed by atoms with Gasteiger partial charge >= 0.3 is 32.2 Å². The Bertz CT molecular complexity index is 20.0. The molecule has 0 atom stereocenters. The monoisotopic (exact) mass is 124 g/mol. The molecule has 0 rings (SSSR count). The first-order valence-electron chi connectivity index (χ1n) is 0.960. The van der Waals surface area contributed by atoms with Crippen LogP contribution in [0.4, 0.5) is 0 Å². The summed E-state index contributed by atoms with van der Waals surface area (Å²) in [6.07, 6.45) is 0. The molecule has 0 saturated carbocycles. The summed E-state index contributed by atoms with van der Waals surface area (Å²) in [5.41, 5.74) is 0. The zero-order valence-corrected chi connectivity index (χ0v) is 3.85. The van der Waals surface area contributed by atoms with E-state index in [1.54, 1.807) is 4.92 Å². The number of rotatable bonds is 1. The Morgan fingerprint density at radius 1 is 2.00 bits per heavy atom. The molecule has 0 spiro atoms. The molecule has 0 aliphatic heterocycles. The maximum absolute atomic E-state index is 7.79. The second-order valence-corrected chi connectivity index (χ2v) is 1.05. The fraction of sp³-hybridized carbons (Fsp3) is 0.500. The van der Waals surface area contributed by atoms with Gasteiger partial charge in [0.05, 0.1) is 0 Å². The summed E-state index contributed by atoms with van der Waals surface area (Å²) in [7, 11) is 0. The fourth-order valence-corrected chi connectivity index (χ4v) is 0. The molecule has 0 radical (unpaired) electrons. The summed E-state index contributed by atoms with van der Waals surface area (Å²) in [5, 5.41) is 7.79. The van der Waals surface area contributed by atoms with Crippen LogP contribution in [0.5, 0.6) is 0 Å². The Morgan fingerprint density at radius 3 is 2.25 bits per heavy atom. The van der Waals surface area contributed by atoms with Crippen molar-refractivity contribution < 1.29 is 5.11 Å². The Balaban J connectivity index is 2.30. The van der Waals surface area contributed by atoms with Gasteiger partial charge in [0.2, 0.25) is 0 Å². The van der Waals surface area contributed by atoms with E-state index in [1.807, 2.05) is 0 Å². The molecule has 2 heteroatoms. The molecule has 0 fully saturated rings. The average Bonchev–Trinajstić information content (AvgIpc) is 1.37. The minimum atomic E-state index is 0.139. The molecule has 0 saturated heterocycles. The standard InChI is InChI=1S/C2H4OSe/c3-1-2-4/h2-3H,1H2. The van der Waals surface area contributed by atoms with Crippen molar-refractivity contribution in [2.45, 2.75) is 0 Å². The van der Waals surface area contributed by atoms with Gasteiger partial charge in [-0.15, -0.1) is 0 Å². The first-order valence-corrected chi connectivity index (χ1v) is 1.95. The molecule has 1 nitrogen and oxygen atoms in total. The van der Waals surface area contributed by atoms with Crippen molar-refractivity contribution in [3.05, 3.63) is 0 Å². The van der Waals surface area contributed by atoms with Gasteiger partial charge < -0.3 is 0 Å². The van der Waals surface area contributed by atoms with Gasteiger partial charge in [-0.1, -0.05) is 0 Å². The zero-order chi connectivity index (χ0) is 3.41. The predicted octanol–water partition coefficient (Wildman–Crippen LogP) is -1.05. The molecular weight excluding hydrogens is 119 g/mol. The van der Waals surface area contributed by atoms with E-state index in [9.17, 15) is 0 Å². The van der Waals surface area contributed by atoms with Crippen LogP contribution in [-0.2, 0) is 0 Å². The summed E-state index contributed by atoms with van der Waals surface area (Å²) < 4.78 is 0. The number of hydrogen-bond donors (Lipinski definition) is 1. The normalized spacial score (nSPS) is 6.25. The predicted molar refractivity (Wildman–Crippen MR) is 18.9 cm³/mol. The van der Waals surface area contributed by atoms with Gasteiger partial charge in [-0.25, -0.2) is 0 Å². The molecular formula is C2H4OSe. The van der Waals surface area contributed by atoms with Crippen molar-refractivity contribution in [3.63, 3.8) is 0 Å². The molecule has 0 unspecified atom stereocenters. The Hall–Kier alpha value is 0.349. The van der Waals surface area contributed by atoms with E-state index in [1.165, 1.54) is 0 Å². The quantitative estimate of drug-likeness (QED) is 0.441. The Kier molecular flexibility index (Phi) is 3.64. The minimum absolute atomic E-state index is 0.139. The summed E-state index contributed by atoms with van der Waals surface area (Å²) in [6, 6.07) is 0. The molecule has 0 aromatic carbocycles. The third-order valence-corrected chi connectivity index (χ3v) is 0.387. The fourth-order valence-electron chi connectivity index (χ4n) is 0. The number of hydrogen-bond acceptors (Lipinski definition) is 1. The first-order chi connectivity index (χ1) is 1.91. The van der Waals surface area contributed by atoms with E-state index in [4.69, 9.17) is 5.11 Å². The van der Waals surface area contributed by atoms with Gasteiger partial charge in [0.1, 0.15) is 0 Å². The van der Waals surface area contributed by atoms with Crippen LogP contribution >= 0.6 is 0 Å². The van der Waals surface area contributed by atoms with Crippen molar-refractivity contribution in [2.24, 2.45) is 0 Å². The Labute approximate surface area is 33.0 Å². The van der Waals surface area contributed by atoms with Crippen molar-refractivity contribution >= 4 is 20.5 Å². The maximum atomic E-state index is 7.79. The summed E-state index contributed by atoms with van der Waals surface area (Å²) in [6.45, 7) is 0.139. The zero-order valence-electron chi connectivity index (χ0n) is 2.14. The van der Waals surface area contributed by atoms with E-state index in [0.29, 0.717) is 0 Å². The van der Waals surface area contributed by atoms with E-state index in [2.05, 4.69) is 15.6 Å². The van der Waals surface area contributed by atoms with Gasteiger partial charge in [0.25, 0.3) is 0 Å². The molecule has 0 aromatic heterocycles. The van der Waals surface area contributed by atoms with E-state index in [0.717, 1.165) is 0 Å². The number of aliphatic hydroxyl groups is 1. The van der Waals surface area contributed by atoms with Crippen molar-refractivity contribution in [2.75, 3.05) is 6.61 Å². The van der Waals surface area contributed by atoms with Gasteiger partial charge in [-0.05, 0) is 0 Å². The molecule has 0 aliphatic carbocycles. The van der Waals surface area contributed by atoms with Crippen LogP contribution in [0.25, 0.3) is 0 Å². The molecule has 0 aliphatic rings. The van der Waals surface area contributed by atoms with Crippen LogP contribution in [-0.4, -0.2) is 32.2 Å². The second-order valence-electron chi connectivity index (χ2n) is 0.349. The van der Waals surface area contributed by atoms with Crippen LogP contribution < -0.4 is 0 Å². The molecule has 0 amide bonds. The summed E-state index contributed by atoms with van der Waals surface area (Å²) in [5.74, 6) is 0. The number of aliphatic hydroxyl groups excluding tert-OH is 1. The van der Waals surface area contributed by atoms with Crippen molar-refractivity contribution in [3.8, 4) is 0 Å². The van der Waals surface area contributed by atoms with Gasteiger partial charge in [-0.3, -0.25) is 0 Å².